The molecule has 0 saturated heterocycles. The van der Waals surface area contributed by atoms with E-state index in [1.165, 1.54) is 12.2 Å². The lowest BCUT2D eigenvalue weighted by molar-refractivity contribution is -0.121. The maximum atomic E-state index is 12.0. The third-order valence-electron chi connectivity index (χ3n) is 4.25. The van der Waals surface area contributed by atoms with Crippen molar-refractivity contribution in [1.29, 1.82) is 0 Å². The van der Waals surface area contributed by atoms with Gasteiger partial charge in [-0.1, -0.05) is 36.4 Å². The third-order valence-corrected chi connectivity index (χ3v) is 4.25. The molecule has 0 radical (unpaired) electrons. The summed E-state index contributed by atoms with van der Waals surface area (Å²) in [6.07, 6.45) is 5.95. The van der Waals surface area contributed by atoms with Gasteiger partial charge in [0, 0.05) is 0 Å². The summed E-state index contributed by atoms with van der Waals surface area (Å²) in [5, 5.41) is 9.29. The number of carbonyl (C=O) groups is 2. The van der Waals surface area contributed by atoms with E-state index in [-0.39, 0.29) is 24.6 Å². The van der Waals surface area contributed by atoms with E-state index in [0.717, 1.165) is 33.6 Å². The lowest BCUT2D eigenvalue weighted by Gasteiger charge is -2.04. The van der Waals surface area contributed by atoms with Gasteiger partial charge in [0.2, 0.25) is 0 Å². The number of aryl methyl sites for hydroxylation is 2. The summed E-state index contributed by atoms with van der Waals surface area (Å²) in [4.78, 5) is 24.0. The number of carbonyl (C=O) groups excluding carboxylic acids is 2. The van der Waals surface area contributed by atoms with Gasteiger partial charge in [0.15, 0.2) is 11.6 Å². The molecule has 27 heavy (non-hydrogen) atoms. The van der Waals surface area contributed by atoms with E-state index in [0.29, 0.717) is 0 Å². The molecule has 2 aromatic rings. The Balaban J connectivity index is 1.96. The first-order valence-corrected chi connectivity index (χ1v) is 8.69. The molecule has 0 saturated carbocycles. The molecule has 2 rings (SSSR count). The normalized spacial score (nSPS) is 11.3. The van der Waals surface area contributed by atoms with Gasteiger partial charge < -0.3 is 9.84 Å². The zero-order chi connectivity index (χ0) is 19.8. The van der Waals surface area contributed by atoms with Crippen molar-refractivity contribution in [3.8, 4) is 5.75 Å². The summed E-state index contributed by atoms with van der Waals surface area (Å²) in [7, 11) is 1.60. The monoisotopic (exact) mass is 364 g/mol. The van der Waals surface area contributed by atoms with Crippen molar-refractivity contribution < 1.29 is 19.4 Å². The Hall–Kier alpha value is -2.98. The molecule has 0 aliphatic carbocycles. The van der Waals surface area contributed by atoms with E-state index in [1.807, 2.05) is 50.2 Å². The van der Waals surface area contributed by atoms with Gasteiger partial charge in [0.1, 0.15) is 5.75 Å². The second kappa shape index (κ2) is 9.64. The molecule has 1 N–H and O–H groups in total. The lowest BCUT2D eigenvalue weighted by atomic mass is 10.0. The Bertz CT molecular complexity index is 818. The summed E-state index contributed by atoms with van der Waals surface area (Å²) in [5.41, 5.74) is 4.48. The number of methoxy groups -OCH3 is 1. The quantitative estimate of drug-likeness (QED) is 0.567. The zero-order valence-electron chi connectivity index (χ0n) is 15.9. The van der Waals surface area contributed by atoms with E-state index < -0.39 is 0 Å². The first-order chi connectivity index (χ1) is 12.9. The van der Waals surface area contributed by atoms with Crippen LogP contribution in [0.5, 0.6) is 5.75 Å². The van der Waals surface area contributed by atoms with Crippen molar-refractivity contribution in [3.63, 3.8) is 0 Å². The Morgan fingerprint density at radius 2 is 1.48 bits per heavy atom. The molecule has 0 amide bonds. The van der Waals surface area contributed by atoms with Gasteiger partial charge in [0.05, 0.1) is 20.1 Å². The van der Waals surface area contributed by atoms with E-state index >= 15 is 0 Å². The highest BCUT2D eigenvalue weighted by Crippen LogP contribution is 2.19. The number of ketones is 2. The fourth-order valence-electron chi connectivity index (χ4n) is 2.57. The largest absolute Gasteiger partial charge is 0.496 e. The molecule has 0 bridgehead atoms. The molecule has 4 heteroatoms. The predicted molar refractivity (Wildman–Crippen MR) is 108 cm³/mol. The number of allylic oxidation sites excluding steroid dienone is 2. The second-order valence-corrected chi connectivity index (χ2v) is 6.35. The Morgan fingerprint density at radius 1 is 0.926 bits per heavy atom. The van der Waals surface area contributed by atoms with Crippen LogP contribution in [-0.2, 0) is 16.2 Å². The van der Waals surface area contributed by atoms with Gasteiger partial charge in [0.25, 0.3) is 0 Å². The standard InChI is InChI=1S/C23H24O4/c1-16-4-6-18(12-20(16)15-24)8-10-21(25)14-22(26)11-9-19-7-5-17(2)23(13-19)27-3/h4-13,24H,14-15H2,1-3H3. The number of benzene rings is 2. The van der Waals surface area contributed by atoms with E-state index in [1.54, 1.807) is 19.3 Å². The number of aliphatic hydroxyl groups is 1. The second-order valence-electron chi connectivity index (χ2n) is 6.35. The van der Waals surface area contributed by atoms with Crippen LogP contribution >= 0.6 is 0 Å². The van der Waals surface area contributed by atoms with Crippen LogP contribution in [-0.4, -0.2) is 23.8 Å². The average Bonchev–Trinajstić information content (AvgIpc) is 2.66. The predicted octanol–water partition coefficient (Wildman–Crippen LogP) is 4.06. The molecule has 140 valence electrons. The minimum Gasteiger partial charge on any atom is -0.496 e. The fraction of sp³-hybridized carbons (Fsp3) is 0.217. The molecular formula is C23H24O4. The average molecular weight is 364 g/mol. The highest BCUT2D eigenvalue weighted by Gasteiger charge is 2.05. The highest BCUT2D eigenvalue weighted by atomic mass is 16.5. The topological polar surface area (TPSA) is 63.6 Å². The minimum absolute atomic E-state index is 0.0471. The van der Waals surface area contributed by atoms with Gasteiger partial charge >= 0.3 is 0 Å². The molecule has 0 heterocycles. The molecule has 2 aromatic carbocycles. The van der Waals surface area contributed by atoms with Crippen LogP contribution in [0.3, 0.4) is 0 Å². The number of hydrogen-bond donors (Lipinski definition) is 1. The number of rotatable bonds is 8. The van der Waals surface area contributed by atoms with Crippen molar-refractivity contribution in [1.82, 2.24) is 0 Å². The molecule has 0 atom stereocenters. The fourth-order valence-corrected chi connectivity index (χ4v) is 2.57. The molecule has 0 fully saturated rings. The summed E-state index contributed by atoms with van der Waals surface area (Å²) in [5.74, 6) is 0.227. The van der Waals surface area contributed by atoms with E-state index in [9.17, 15) is 14.7 Å². The van der Waals surface area contributed by atoms with Crippen molar-refractivity contribution in [2.75, 3.05) is 7.11 Å². The van der Waals surface area contributed by atoms with Crippen molar-refractivity contribution >= 4 is 23.7 Å². The molecule has 0 unspecified atom stereocenters. The van der Waals surface area contributed by atoms with E-state index in [4.69, 9.17) is 4.74 Å². The Kier molecular flexibility index (Phi) is 7.26. The molecule has 0 aliphatic heterocycles. The van der Waals surface area contributed by atoms with Crippen LogP contribution < -0.4 is 4.74 Å². The maximum absolute atomic E-state index is 12.0. The summed E-state index contributed by atoms with van der Waals surface area (Å²) in [6.45, 7) is 3.81. The minimum atomic E-state index is -0.266. The molecule has 0 aliphatic rings. The van der Waals surface area contributed by atoms with Gasteiger partial charge in [-0.3, -0.25) is 9.59 Å². The van der Waals surface area contributed by atoms with Crippen LogP contribution in [0, 0.1) is 13.8 Å². The van der Waals surface area contributed by atoms with Crippen molar-refractivity contribution in [2.24, 2.45) is 0 Å². The third kappa shape index (κ3) is 6.04. The zero-order valence-corrected chi connectivity index (χ0v) is 15.9. The Morgan fingerprint density at radius 3 is 2.04 bits per heavy atom. The van der Waals surface area contributed by atoms with Crippen molar-refractivity contribution in [3.05, 3.63) is 76.4 Å². The summed E-state index contributed by atoms with van der Waals surface area (Å²) < 4.78 is 5.26. The lowest BCUT2D eigenvalue weighted by Crippen LogP contribution is -2.02. The maximum Gasteiger partial charge on any atom is 0.163 e. The highest BCUT2D eigenvalue weighted by molar-refractivity contribution is 6.10. The molecular weight excluding hydrogens is 340 g/mol. The van der Waals surface area contributed by atoms with Crippen LogP contribution in [0.2, 0.25) is 0 Å². The van der Waals surface area contributed by atoms with Gasteiger partial charge in [-0.15, -0.1) is 0 Å². The van der Waals surface area contributed by atoms with Crippen LogP contribution in [0.15, 0.2) is 48.6 Å². The number of ether oxygens (including phenoxy) is 1. The first kappa shape index (κ1) is 20.3. The van der Waals surface area contributed by atoms with E-state index in [2.05, 4.69) is 0 Å². The Labute approximate surface area is 159 Å². The molecule has 0 spiro atoms. The smallest absolute Gasteiger partial charge is 0.163 e. The van der Waals surface area contributed by atoms with Gasteiger partial charge in [-0.2, -0.15) is 0 Å². The van der Waals surface area contributed by atoms with Crippen molar-refractivity contribution in [2.45, 2.75) is 26.9 Å². The van der Waals surface area contributed by atoms with Gasteiger partial charge in [-0.25, -0.2) is 0 Å². The van der Waals surface area contributed by atoms with Crippen LogP contribution in [0.4, 0.5) is 0 Å². The SMILES string of the molecule is COc1cc(C=CC(=O)CC(=O)C=Cc2ccc(C)c(CO)c2)ccc1C. The number of aliphatic hydroxyl groups excluding tert-OH is 1. The molecule has 0 aromatic heterocycles. The first-order valence-electron chi connectivity index (χ1n) is 8.69. The molecule has 4 nitrogen and oxygen atoms in total. The summed E-state index contributed by atoms with van der Waals surface area (Å²) >= 11 is 0. The van der Waals surface area contributed by atoms with Crippen LogP contribution in [0.1, 0.15) is 34.2 Å². The van der Waals surface area contributed by atoms with Gasteiger partial charge in [-0.05, 0) is 65.9 Å². The number of hydrogen-bond acceptors (Lipinski definition) is 4. The summed E-state index contributed by atoms with van der Waals surface area (Å²) in [6, 6.07) is 11.2. The van der Waals surface area contributed by atoms with Crippen LogP contribution in [0.25, 0.3) is 12.2 Å².